The molecule has 1 N–H and O–H groups in total. The molecule has 1 amide bonds. The van der Waals surface area contributed by atoms with Crippen molar-refractivity contribution in [3.8, 4) is 0 Å². The third kappa shape index (κ3) is 3.10. The van der Waals surface area contributed by atoms with E-state index in [0.717, 1.165) is 6.42 Å². The van der Waals surface area contributed by atoms with Crippen LogP contribution in [0, 0.1) is 5.95 Å². The Hall–Kier alpha value is -2.28. The Morgan fingerprint density at radius 2 is 2.00 bits per heavy atom. The lowest BCUT2D eigenvalue weighted by Gasteiger charge is -2.25. The number of aromatic nitrogens is 1. The molecule has 3 rings (SSSR count). The van der Waals surface area contributed by atoms with Gasteiger partial charge in [0.05, 0.1) is 15.7 Å². The van der Waals surface area contributed by atoms with Gasteiger partial charge in [-0.25, -0.2) is 13.4 Å². The number of nitrogens with zero attached hydrogens (tertiary/aromatic N) is 1. The van der Waals surface area contributed by atoms with Crippen molar-refractivity contribution in [2.45, 2.75) is 29.4 Å². The zero-order valence-corrected chi connectivity index (χ0v) is 13.0. The molecule has 0 saturated heterocycles. The average molecular weight is 334 g/mol. The van der Waals surface area contributed by atoms with E-state index in [9.17, 15) is 17.6 Å². The van der Waals surface area contributed by atoms with Crippen LogP contribution in [0.2, 0.25) is 0 Å². The van der Waals surface area contributed by atoms with Crippen LogP contribution in [-0.4, -0.2) is 24.6 Å². The molecule has 5 nitrogen and oxygen atoms in total. The van der Waals surface area contributed by atoms with E-state index in [0.29, 0.717) is 18.5 Å². The van der Waals surface area contributed by atoms with Gasteiger partial charge in [0.25, 0.3) is 5.91 Å². The van der Waals surface area contributed by atoms with Crippen LogP contribution in [0.1, 0.15) is 29.6 Å². The molecule has 1 aromatic carbocycles. The van der Waals surface area contributed by atoms with Crippen LogP contribution in [0.4, 0.5) is 10.1 Å². The second-order valence-corrected chi connectivity index (χ2v) is 7.65. The van der Waals surface area contributed by atoms with Crippen LogP contribution < -0.4 is 5.32 Å². The summed E-state index contributed by atoms with van der Waals surface area (Å²) < 4.78 is 38.3. The number of rotatable bonds is 4. The second-order valence-electron chi connectivity index (χ2n) is 5.42. The van der Waals surface area contributed by atoms with E-state index in [1.165, 1.54) is 30.5 Å². The Labute approximate surface area is 133 Å². The standard InChI is InChI=1S/C16H15FN2O3S/c17-15-14(8-3-9-18-15)16(20)19-11-4-1-7-13(10-11)23(21,22)12-5-2-6-12/h1,3-4,7-10,12H,2,5-6H2,(H,19,20). The fourth-order valence-corrected chi connectivity index (χ4v) is 4.28. The number of sulfone groups is 1. The van der Waals surface area contributed by atoms with E-state index in [1.807, 2.05) is 0 Å². The Kier molecular flexibility index (Phi) is 4.12. The minimum atomic E-state index is -3.37. The van der Waals surface area contributed by atoms with E-state index >= 15 is 0 Å². The number of carbonyl (C=O) groups excluding carboxylic acids is 1. The van der Waals surface area contributed by atoms with Gasteiger partial charge in [0.2, 0.25) is 5.95 Å². The summed E-state index contributed by atoms with van der Waals surface area (Å²) in [6.07, 6.45) is 3.50. The highest BCUT2D eigenvalue weighted by atomic mass is 32.2. The zero-order valence-electron chi connectivity index (χ0n) is 12.2. The van der Waals surface area contributed by atoms with Gasteiger partial charge in [0.1, 0.15) is 0 Å². The molecule has 0 spiro atoms. The highest BCUT2D eigenvalue weighted by Crippen LogP contribution is 2.31. The first-order valence-electron chi connectivity index (χ1n) is 7.24. The van der Waals surface area contributed by atoms with Gasteiger partial charge in [-0.1, -0.05) is 12.5 Å². The normalized spacial score (nSPS) is 15.0. The number of halogens is 1. The van der Waals surface area contributed by atoms with E-state index in [2.05, 4.69) is 10.3 Å². The lowest BCUT2D eigenvalue weighted by Crippen LogP contribution is -2.28. The van der Waals surface area contributed by atoms with E-state index in [4.69, 9.17) is 0 Å². The summed E-state index contributed by atoms with van der Waals surface area (Å²) in [5.74, 6) is -1.54. The lowest BCUT2D eigenvalue weighted by atomic mass is 10.00. The van der Waals surface area contributed by atoms with Crippen LogP contribution >= 0.6 is 0 Å². The minimum Gasteiger partial charge on any atom is -0.322 e. The van der Waals surface area contributed by atoms with Crippen LogP contribution in [0.25, 0.3) is 0 Å². The van der Waals surface area contributed by atoms with E-state index < -0.39 is 21.7 Å². The van der Waals surface area contributed by atoms with Crippen molar-refractivity contribution in [3.63, 3.8) is 0 Å². The molecule has 0 atom stereocenters. The van der Waals surface area contributed by atoms with Crippen molar-refractivity contribution in [3.05, 3.63) is 54.1 Å². The highest BCUT2D eigenvalue weighted by molar-refractivity contribution is 7.92. The maximum absolute atomic E-state index is 13.5. The monoisotopic (exact) mass is 334 g/mol. The summed E-state index contributed by atoms with van der Waals surface area (Å²) in [7, 11) is -3.37. The fraction of sp³-hybridized carbons (Fsp3) is 0.250. The van der Waals surface area contributed by atoms with Gasteiger partial charge in [0, 0.05) is 11.9 Å². The van der Waals surface area contributed by atoms with Gasteiger partial charge >= 0.3 is 0 Å². The maximum atomic E-state index is 13.5. The third-order valence-electron chi connectivity index (χ3n) is 3.92. The fourth-order valence-electron chi connectivity index (χ4n) is 2.38. The molecule has 0 unspecified atom stereocenters. The number of anilines is 1. The molecule has 7 heteroatoms. The SMILES string of the molecule is O=C(Nc1cccc(S(=O)(=O)C2CCC2)c1)c1cccnc1F. The zero-order chi connectivity index (χ0) is 16.4. The molecule has 0 bridgehead atoms. The first-order valence-corrected chi connectivity index (χ1v) is 8.79. The first-order chi connectivity index (χ1) is 11.0. The molecule has 1 aliphatic rings. The Morgan fingerprint density at radius 3 is 2.65 bits per heavy atom. The Bertz CT molecular complexity index is 848. The number of hydrogen-bond acceptors (Lipinski definition) is 4. The Balaban J connectivity index is 1.83. The molecule has 2 aromatic rings. The first kappa shape index (κ1) is 15.6. The summed E-state index contributed by atoms with van der Waals surface area (Å²) in [5.41, 5.74) is 0.110. The van der Waals surface area contributed by atoms with Crippen LogP contribution in [-0.2, 0) is 9.84 Å². The summed E-state index contributed by atoms with van der Waals surface area (Å²) in [6.45, 7) is 0. The molecule has 23 heavy (non-hydrogen) atoms. The summed E-state index contributed by atoms with van der Waals surface area (Å²) in [6, 6.07) is 8.79. The molecular formula is C16H15FN2O3S. The summed E-state index contributed by atoms with van der Waals surface area (Å²) in [5, 5.41) is 2.16. The molecule has 1 saturated carbocycles. The largest absolute Gasteiger partial charge is 0.322 e. The smallest absolute Gasteiger partial charge is 0.260 e. The summed E-state index contributed by atoms with van der Waals surface area (Å²) >= 11 is 0. The van der Waals surface area contributed by atoms with Crippen LogP contribution in [0.15, 0.2) is 47.5 Å². The highest BCUT2D eigenvalue weighted by Gasteiger charge is 2.32. The van der Waals surface area contributed by atoms with Crippen molar-refractivity contribution in [1.29, 1.82) is 0 Å². The van der Waals surface area contributed by atoms with Crippen molar-refractivity contribution in [2.24, 2.45) is 0 Å². The number of pyridine rings is 1. The van der Waals surface area contributed by atoms with Gasteiger partial charge in [-0.2, -0.15) is 4.39 Å². The van der Waals surface area contributed by atoms with E-state index in [-0.39, 0.29) is 15.7 Å². The van der Waals surface area contributed by atoms with Crippen LogP contribution in [0.3, 0.4) is 0 Å². The molecule has 1 aliphatic carbocycles. The van der Waals surface area contributed by atoms with Gasteiger partial charge in [-0.15, -0.1) is 0 Å². The number of hydrogen-bond donors (Lipinski definition) is 1. The van der Waals surface area contributed by atoms with E-state index in [1.54, 1.807) is 12.1 Å². The van der Waals surface area contributed by atoms with Gasteiger partial charge in [-0.3, -0.25) is 4.79 Å². The molecular weight excluding hydrogens is 319 g/mol. The van der Waals surface area contributed by atoms with Crippen molar-refractivity contribution >= 4 is 21.4 Å². The quantitative estimate of drug-likeness (QED) is 0.872. The molecule has 1 heterocycles. The van der Waals surface area contributed by atoms with Gasteiger partial charge < -0.3 is 5.32 Å². The Morgan fingerprint density at radius 1 is 1.22 bits per heavy atom. The summed E-state index contributed by atoms with van der Waals surface area (Å²) in [4.78, 5) is 15.6. The molecule has 1 aromatic heterocycles. The maximum Gasteiger partial charge on any atom is 0.260 e. The van der Waals surface area contributed by atoms with Crippen molar-refractivity contribution < 1.29 is 17.6 Å². The van der Waals surface area contributed by atoms with Gasteiger partial charge in [0.15, 0.2) is 9.84 Å². The molecule has 1 fully saturated rings. The number of benzene rings is 1. The topological polar surface area (TPSA) is 76.1 Å². The molecule has 0 radical (unpaired) electrons. The molecule has 120 valence electrons. The number of nitrogens with one attached hydrogen (secondary N) is 1. The minimum absolute atomic E-state index is 0.173. The lowest BCUT2D eigenvalue weighted by molar-refractivity contribution is 0.102. The predicted octanol–water partition coefficient (Wildman–Crippen LogP) is 2.80. The molecule has 0 aliphatic heterocycles. The second kappa shape index (κ2) is 6.08. The average Bonchev–Trinajstić information content (AvgIpc) is 2.45. The third-order valence-corrected chi connectivity index (χ3v) is 6.18. The van der Waals surface area contributed by atoms with Crippen molar-refractivity contribution in [1.82, 2.24) is 4.98 Å². The van der Waals surface area contributed by atoms with Crippen LogP contribution in [0.5, 0.6) is 0 Å². The van der Waals surface area contributed by atoms with Crippen molar-refractivity contribution in [2.75, 3.05) is 5.32 Å². The number of carbonyl (C=O) groups is 1. The predicted molar refractivity (Wildman–Crippen MR) is 83.4 cm³/mol. The van der Waals surface area contributed by atoms with Gasteiger partial charge in [-0.05, 0) is 43.2 Å². The number of amides is 1.